The molecule has 0 amide bonds. The van der Waals surface area contributed by atoms with Gasteiger partial charge in [0.2, 0.25) is 0 Å². The summed E-state index contributed by atoms with van der Waals surface area (Å²) in [6.07, 6.45) is 0. The van der Waals surface area contributed by atoms with Crippen molar-refractivity contribution in [2.75, 3.05) is 0 Å². The van der Waals surface area contributed by atoms with Crippen LogP contribution in [0.5, 0.6) is 11.5 Å². The van der Waals surface area contributed by atoms with Crippen LogP contribution in [0.25, 0.3) is 67.2 Å². The van der Waals surface area contributed by atoms with Crippen molar-refractivity contribution < 1.29 is 4.74 Å². The van der Waals surface area contributed by atoms with Gasteiger partial charge in [0.15, 0.2) is 17.5 Å². The number of nitrogens with zero attached hydrogens (tertiary/aromatic N) is 3. The molecule has 0 bridgehead atoms. The third kappa shape index (κ3) is 3.67. The zero-order valence-corrected chi connectivity index (χ0v) is 24.4. The number of rotatable bonds is 3. The highest BCUT2D eigenvalue weighted by atomic mass is 16.5. The topological polar surface area (TPSA) is 47.9 Å². The fourth-order valence-corrected chi connectivity index (χ4v) is 6.91. The number of aromatic nitrogens is 3. The predicted molar refractivity (Wildman–Crippen MR) is 177 cm³/mol. The zero-order valence-electron chi connectivity index (χ0n) is 24.4. The zero-order chi connectivity index (χ0) is 29.4. The van der Waals surface area contributed by atoms with Crippen molar-refractivity contribution in [2.45, 2.75) is 19.3 Å². The standard InChI is InChI=1S/C40H27N3O/c1-40(2)32-16-7-6-14-28(32)31-22-26(19-21-33(31)40)38-41-37(25-10-4-3-5-11-25)42-39(43-38)27-18-20-29-30-15-8-12-24-13-9-17-34(36(24)30)44-35(29)23-27/h3-23H,1-2H3. The first kappa shape index (κ1) is 24.9. The second-order valence-electron chi connectivity index (χ2n) is 12.1. The number of ether oxygens (including phenoxy) is 1. The highest BCUT2D eigenvalue weighted by Gasteiger charge is 2.35. The lowest BCUT2D eigenvalue weighted by atomic mass is 9.82. The summed E-state index contributed by atoms with van der Waals surface area (Å²) in [5.41, 5.74) is 10.1. The summed E-state index contributed by atoms with van der Waals surface area (Å²) in [5, 5.41) is 2.31. The Hall–Kier alpha value is -5.61. The molecular formula is C40H27N3O. The smallest absolute Gasteiger partial charge is 0.164 e. The molecule has 0 fully saturated rings. The molecule has 208 valence electrons. The van der Waals surface area contributed by atoms with Gasteiger partial charge in [-0.15, -0.1) is 0 Å². The van der Waals surface area contributed by atoms with E-state index in [4.69, 9.17) is 19.7 Å². The van der Waals surface area contributed by atoms with Crippen molar-refractivity contribution in [1.29, 1.82) is 0 Å². The van der Waals surface area contributed by atoms with Crippen LogP contribution in [0.15, 0.2) is 127 Å². The maximum atomic E-state index is 6.47. The minimum Gasteiger partial charge on any atom is -0.456 e. The van der Waals surface area contributed by atoms with Crippen molar-refractivity contribution in [1.82, 2.24) is 15.0 Å². The summed E-state index contributed by atoms with van der Waals surface area (Å²) < 4.78 is 6.47. The molecule has 0 saturated carbocycles. The molecule has 6 aromatic carbocycles. The van der Waals surface area contributed by atoms with Crippen LogP contribution in [0.4, 0.5) is 0 Å². The van der Waals surface area contributed by atoms with E-state index in [1.165, 1.54) is 33.2 Å². The summed E-state index contributed by atoms with van der Waals surface area (Å²) >= 11 is 0. The lowest BCUT2D eigenvalue weighted by Crippen LogP contribution is -2.14. The summed E-state index contributed by atoms with van der Waals surface area (Å²) in [7, 11) is 0. The van der Waals surface area contributed by atoms with Crippen LogP contribution in [0, 0.1) is 0 Å². The Morgan fingerprint density at radius 3 is 1.91 bits per heavy atom. The Morgan fingerprint density at radius 2 is 1.09 bits per heavy atom. The summed E-state index contributed by atoms with van der Waals surface area (Å²) in [6.45, 7) is 4.59. The SMILES string of the molecule is CC1(C)c2ccccc2-c2cc(-c3nc(-c4ccccc4)nc(-c4ccc5c(c4)Oc4cccc6cccc-5c46)n3)ccc21. The second kappa shape index (κ2) is 9.19. The van der Waals surface area contributed by atoms with Crippen molar-refractivity contribution in [3.63, 3.8) is 0 Å². The van der Waals surface area contributed by atoms with Gasteiger partial charge in [-0.25, -0.2) is 15.0 Å². The minimum absolute atomic E-state index is 0.0595. The lowest BCUT2D eigenvalue weighted by molar-refractivity contribution is 0.487. The van der Waals surface area contributed by atoms with Crippen LogP contribution in [0.1, 0.15) is 25.0 Å². The molecule has 9 rings (SSSR count). The van der Waals surface area contributed by atoms with Gasteiger partial charge in [0.1, 0.15) is 11.5 Å². The van der Waals surface area contributed by atoms with Crippen LogP contribution in [-0.2, 0) is 5.41 Å². The molecule has 0 spiro atoms. The highest BCUT2D eigenvalue weighted by molar-refractivity contribution is 6.04. The molecule has 44 heavy (non-hydrogen) atoms. The predicted octanol–water partition coefficient (Wildman–Crippen LogP) is 10.1. The maximum absolute atomic E-state index is 6.47. The third-order valence-corrected chi connectivity index (χ3v) is 9.13. The average Bonchev–Trinajstić information content (AvgIpc) is 3.31. The Balaban J connectivity index is 1.21. The van der Waals surface area contributed by atoms with Crippen LogP contribution >= 0.6 is 0 Å². The molecule has 0 atom stereocenters. The van der Waals surface area contributed by atoms with E-state index in [0.29, 0.717) is 17.5 Å². The van der Waals surface area contributed by atoms with Crippen molar-refractivity contribution in [3.05, 3.63) is 139 Å². The Morgan fingerprint density at radius 1 is 0.455 bits per heavy atom. The van der Waals surface area contributed by atoms with Crippen LogP contribution < -0.4 is 4.74 Å². The summed E-state index contributed by atoms with van der Waals surface area (Å²) in [5.74, 6) is 3.56. The molecule has 0 saturated heterocycles. The normalized spacial score (nSPS) is 13.6. The van der Waals surface area contributed by atoms with Crippen molar-refractivity contribution >= 4 is 10.8 Å². The second-order valence-corrected chi connectivity index (χ2v) is 12.1. The first-order valence-electron chi connectivity index (χ1n) is 15.0. The Kier molecular flexibility index (Phi) is 5.21. The van der Waals surface area contributed by atoms with Crippen LogP contribution in [-0.4, -0.2) is 15.0 Å². The number of hydrogen-bond donors (Lipinski definition) is 0. The van der Waals surface area contributed by atoms with E-state index in [1.807, 2.05) is 42.5 Å². The fourth-order valence-electron chi connectivity index (χ4n) is 6.91. The Labute approximate surface area is 255 Å². The first-order chi connectivity index (χ1) is 21.5. The Bertz CT molecular complexity index is 2280. The van der Waals surface area contributed by atoms with Crippen molar-refractivity contribution in [3.8, 4) is 67.9 Å². The molecule has 0 N–H and O–H groups in total. The molecule has 4 nitrogen and oxygen atoms in total. The van der Waals surface area contributed by atoms with Gasteiger partial charge >= 0.3 is 0 Å². The van der Waals surface area contributed by atoms with E-state index in [-0.39, 0.29) is 5.41 Å². The molecule has 4 heteroatoms. The highest BCUT2D eigenvalue weighted by Crippen LogP contribution is 2.50. The molecule has 2 heterocycles. The monoisotopic (exact) mass is 565 g/mol. The fraction of sp³-hybridized carbons (Fsp3) is 0.0750. The summed E-state index contributed by atoms with van der Waals surface area (Å²) in [6, 6.07) is 44.3. The van der Waals surface area contributed by atoms with Gasteiger partial charge in [-0.1, -0.05) is 117 Å². The molecule has 2 aliphatic rings. The number of fused-ring (bicyclic) bond motifs is 5. The number of benzene rings is 6. The molecule has 0 radical (unpaired) electrons. The van der Waals surface area contributed by atoms with Gasteiger partial charge in [0, 0.05) is 33.1 Å². The van der Waals surface area contributed by atoms with Crippen molar-refractivity contribution in [2.24, 2.45) is 0 Å². The number of hydrogen-bond acceptors (Lipinski definition) is 4. The van der Waals surface area contributed by atoms with Gasteiger partial charge in [-0.05, 0) is 57.5 Å². The molecule has 1 aliphatic carbocycles. The van der Waals surface area contributed by atoms with Gasteiger partial charge in [0.25, 0.3) is 0 Å². The molecular weight excluding hydrogens is 538 g/mol. The van der Waals surface area contributed by atoms with E-state index < -0.39 is 0 Å². The quantitative estimate of drug-likeness (QED) is 0.214. The molecule has 1 aliphatic heterocycles. The molecule has 0 unspecified atom stereocenters. The van der Waals surface area contributed by atoms with Crippen LogP contribution in [0.3, 0.4) is 0 Å². The molecule has 1 aromatic heterocycles. The minimum atomic E-state index is -0.0595. The van der Waals surface area contributed by atoms with Gasteiger partial charge < -0.3 is 4.74 Å². The maximum Gasteiger partial charge on any atom is 0.164 e. The summed E-state index contributed by atoms with van der Waals surface area (Å²) in [4.78, 5) is 15.1. The average molecular weight is 566 g/mol. The van der Waals surface area contributed by atoms with Crippen LogP contribution in [0.2, 0.25) is 0 Å². The largest absolute Gasteiger partial charge is 0.456 e. The van der Waals surface area contributed by atoms with E-state index >= 15 is 0 Å². The van der Waals surface area contributed by atoms with E-state index in [2.05, 4.69) is 98.8 Å². The molecule has 7 aromatic rings. The van der Waals surface area contributed by atoms with E-state index in [9.17, 15) is 0 Å². The first-order valence-corrected chi connectivity index (χ1v) is 15.0. The lowest BCUT2D eigenvalue weighted by Gasteiger charge is -2.22. The van der Waals surface area contributed by atoms with Gasteiger partial charge in [0.05, 0.1) is 0 Å². The third-order valence-electron chi connectivity index (χ3n) is 9.13. The van der Waals surface area contributed by atoms with Gasteiger partial charge in [-0.3, -0.25) is 0 Å². The van der Waals surface area contributed by atoms with E-state index in [0.717, 1.165) is 39.1 Å². The van der Waals surface area contributed by atoms with Gasteiger partial charge in [-0.2, -0.15) is 0 Å². The van der Waals surface area contributed by atoms with E-state index in [1.54, 1.807) is 0 Å².